The SMILES string of the molecule is COc1ccc2c(c1)c(CCNC(C)=O)c1n2C(=O)N(c2ccccc2)C1. The van der Waals surface area contributed by atoms with Crippen LogP contribution in [0.3, 0.4) is 0 Å². The van der Waals surface area contributed by atoms with Crippen LogP contribution in [0.25, 0.3) is 10.9 Å². The minimum Gasteiger partial charge on any atom is -0.497 e. The van der Waals surface area contributed by atoms with Crippen LogP contribution in [0.5, 0.6) is 5.75 Å². The molecule has 0 fully saturated rings. The van der Waals surface area contributed by atoms with Crippen molar-refractivity contribution in [1.82, 2.24) is 9.88 Å². The number of fused-ring (bicyclic) bond motifs is 3. The number of nitrogens with zero attached hydrogens (tertiary/aromatic N) is 2. The van der Waals surface area contributed by atoms with Crippen LogP contribution in [0.1, 0.15) is 18.2 Å². The van der Waals surface area contributed by atoms with Gasteiger partial charge in [0, 0.05) is 24.5 Å². The molecule has 3 aromatic rings. The van der Waals surface area contributed by atoms with Crippen LogP contribution in [0.2, 0.25) is 0 Å². The normalized spacial score (nSPS) is 13.1. The summed E-state index contributed by atoms with van der Waals surface area (Å²) < 4.78 is 7.15. The van der Waals surface area contributed by atoms with Crippen molar-refractivity contribution in [2.24, 2.45) is 0 Å². The number of amides is 2. The van der Waals surface area contributed by atoms with Crippen molar-refractivity contribution in [3.05, 3.63) is 59.8 Å². The molecule has 2 heterocycles. The van der Waals surface area contributed by atoms with Gasteiger partial charge in [-0.3, -0.25) is 14.3 Å². The molecule has 1 aliphatic heterocycles. The summed E-state index contributed by atoms with van der Waals surface area (Å²) >= 11 is 0. The second-order valence-corrected chi connectivity index (χ2v) is 6.58. The van der Waals surface area contributed by atoms with E-state index >= 15 is 0 Å². The number of rotatable bonds is 5. The molecule has 4 rings (SSSR count). The van der Waals surface area contributed by atoms with Crippen LogP contribution in [0, 0.1) is 0 Å². The van der Waals surface area contributed by atoms with E-state index in [2.05, 4.69) is 5.32 Å². The number of ether oxygens (including phenoxy) is 1. The van der Waals surface area contributed by atoms with Gasteiger partial charge in [-0.1, -0.05) is 18.2 Å². The lowest BCUT2D eigenvalue weighted by molar-refractivity contribution is -0.118. The Morgan fingerprint density at radius 3 is 2.67 bits per heavy atom. The Hall–Kier alpha value is -3.28. The zero-order chi connectivity index (χ0) is 19.0. The number of benzene rings is 2. The number of nitrogens with one attached hydrogen (secondary N) is 1. The van der Waals surface area contributed by atoms with Gasteiger partial charge in [0.25, 0.3) is 0 Å². The fourth-order valence-electron chi connectivity index (χ4n) is 3.69. The number of aromatic nitrogens is 1. The number of hydrogen-bond acceptors (Lipinski definition) is 3. The van der Waals surface area contributed by atoms with Crippen LogP contribution in [-0.2, 0) is 17.8 Å². The molecular formula is C21H21N3O3. The summed E-state index contributed by atoms with van der Waals surface area (Å²) in [4.78, 5) is 26.2. The molecule has 138 valence electrons. The van der Waals surface area contributed by atoms with Gasteiger partial charge < -0.3 is 10.1 Å². The summed E-state index contributed by atoms with van der Waals surface area (Å²) in [7, 11) is 1.63. The maximum absolute atomic E-state index is 13.1. The maximum Gasteiger partial charge on any atom is 0.333 e. The average Bonchev–Trinajstić information content (AvgIpc) is 3.17. The molecule has 1 aromatic heterocycles. The summed E-state index contributed by atoms with van der Waals surface area (Å²) in [5.41, 5.74) is 3.79. The van der Waals surface area contributed by atoms with Crippen LogP contribution in [0.15, 0.2) is 48.5 Å². The lowest BCUT2D eigenvalue weighted by Gasteiger charge is -2.16. The Bertz CT molecular complexity index is 1020. The highest BCUT2D eigenvalue weighted by Gasteiger charge is 2.33. The fraction of sp³-hybridized carbons (Fsp3) is 0.238. The molecule has 0 aliphatic carbocycles. The minimum absolute atomic E-state index is 0.0582. The first-order valence-electron chi connectivity index (χ1n) is 8.91. The van der Waals surface area contributed by atoms with Crippen molar-refractivity contribution in [2.45, 2.75) is 19.9 Å². The van der Waals surface area contributed by atoms with Gasteiger partial charge in [0.1, 0.15) is 5.75 Å². The third kappa shape index (κ3) is 2.93. The lowest BCUT2D eigenvalue weighted by Crippen LogP contribution is -2.25. The van der Waals surface area contributed by atoms with Crippen molar-refractivity contribution >= 4 is 28.5 Å². The second-order valence-electron chi connectivity index (χ2n) is 6.58. The summed E-state index contributed by atoms with van der Waals surface area (Å²) in [6.07, 6.45) is 0.654. The Labute approximate surface area is 157 Å². The van der Waals surface area contributed by atoms with Gasteiger partial charge in [-0.15, -0.1) is 0 Å². The van der Waals surface area contributed by atoms with Gasteiger partial charge in [0.15, 0.2) is 0 Å². The Kier molecular flexibility index (Phi) is 4.32. The number of carbonyl (C=O) groups excluding carboxylic acids is 2. The Morgan fingerprint density at radius 1 is 1.19 bits per heavy atom. The van der Waals surface area contributed by atoms with Crippen molar-refractivity contribution in [3.63, 3.8) is 0 Å². The average molecular weight is 363 g/mol. The highest BCUT2D eigenvalue weighted by molar-refractivity contribution is 6.05. The quantitative estimate of drug-likeness (QED) is 0.756. The van der Waals surface area contributed by atoms with Gasteiger partial charge in [-0.05, 0) is 42.3 Å². The minimum atomic E-state index is -0.0604. The molecule has 6 nitrogen and oxygen atoms in total. The predicted molar refractivity (Wildman–Crippen MR) is 104 cm³/mol. The molecule has 0 saturated carbocycles. The van der Waals surface area contributed by atoms with E-state index < -0.39 is 0 Å². The fourth-order valence-corrected chi connectivity index (χ4v) is 3.69. The number of carbonyl (C=O) groups is 2. The molecule has 0 bridgehead atoms. The molecule has 0 radical (unpaired) electrons. The second kappa shape index (κ2) is 6.79. The number of anilines is 1. The molecule has 1 N–H and O–H groups in total. The van der Waals surface area contributed by atoms with Crippen LogP contribution >= 0.6 is 0 Å². The van der Waals surface area contributed by atoms with E-state index in [1.165, 1.54) is 6.92 Å². The van der Waals surface area contributed by atoms with E-state index in [0.717, 1.165) is 33.6 Å². The predicted octanol–water partition coefficient (Wildman–Crippen LogP) is 3.32. The molecule has 0 atom stereocenters. The van der Waals surface area contributed by atoms with Crippen LogP contribution < -0.4 is 15.0 Å². The summed E-state index contributed by atoms with van der Waals surface area (Å²) in [5, 5.41) is 3.84. The first-order valence-corrected chi connectivity index (χ1v) is 8.91. The van der Waals surface area contributed by atoms with Gasteiger partial charge in [0.2, 0.25) is 5.91 Å². The maximum atomic E-state index is 13.1. The van der Waals surface area contributed by atoms with E-state index in [4.69, 9.17) is 4.74 Å². The highest BCUT2D eigenvalue weighted by Crippen LogP contribution is 2.36. The van der Waals surface area contributed by atoms with E-state index in [1.54, 1.807) is 16.6 Å². The van der Waals surface area contributed by atoms with Gasteiger partial charge in [0.05, 0.1) is 24.9 Å². The molecule has 2 aromatic carbocycles. The largest absolute Gasteiger partial charge is 0.497 e. The van der Waals surface area contributed by atoms with Crippen LogP contribution in [-0.4, -0.2) is 30.2 Å². The Morgan fingerprint density at radius 2 is 1.96 bits per heavy atom. The topological polar surface area (TPSA) is 63.6 Å². The zero-order valence-corrected chi connectivity index (χ0v) is 15.4. The van der Waals surface area contributed by atoms with E-state index in [1.807, 2.05) is 48.5 Å². The van der Waals surface area contributed by atoms with Crippen molar-refractivity contribution in [1.29, 1.82) is 0 Å². The molecular weight excluding hydrogens is 342 g/mol. The summed E-state index contributed by atoms with van der Waals surface area (Å²) in [6, 6.07) is 15.4. The zero-order valence-electron chi connectivity index (χ0n) is 15.4. The van der Waals surface area contributed by atoms with E-state index in [0.29, 0.717) is 19.5 Å². The van der Waals surface area contributed by atoms with Crippen molar-refractivity contribution in [3.8, 4) is 5.75 Å². The Balaban J connectivity index is 1.79. The van der Waals surface area contributed by atoms with Crippen molar-refractivity contribution < 1.29 is 14.3 Å². The molecule has 0 saturated heterocycles. The third-order valence-corrected chi connectivity index (χ3v) is 4.93. The molecule has 27 heavy (non-hydrogen) atoms. The molecule has 0 spiro atoms. The van der Waals surface area contributed by atoms with Gasteiger partial charge in [-0.25, -0.2) is 4.79 Å². The lowest BCUT2D eigenvalue weighted by atomic mass is 10.1. The standard InChI is InChI=1S/C21H21N3O3/c1-14(25)22-11-10-17-18-12-16(27-2)8-9-19(18)24-20(17)13-23(21(24)26)15-6-4-3-5-7-15/h3-9,12H,10-11,13H2,1-2H3,(H,22,25). The number of hydrogen-bond donors (Lipinski definition) is 1. The van der Waals surface area contributed by atoms with Crippen molar-refractivity contribution in [2.75, 3.05) is 18.6 Å². The first-order chi connectivity index (χ1) is 13.1. The molecule has 1 aliphatic rings. The summed E-state index contributed by atoms with van der Waals surface area (Å²) in [6.45, 7) is 2.54. The van der Waals surface area contributed by atoms with Crippen LogP contribution in [0.4, 0.5) is 10.5 Å². The molecule has 6 heteroatoms. The molecule has 0 unspecified atom stereocenters. The highest BCUT2D eigenvalue weighted by atomic mass is 16.5. The monoisotopic (exact) mass is 363 g/mol. The molecule has 2 amide bonds. The number of para-hydroxylation sites is 1. The van der Waals surface area contributed by atoms with Gasteiger partial charge >= 0.3 is 6.03 Å². The first kappa shape index (κ1) is 17.1. The van der Waals surface area contributed by atoms with Gasteiger partial charge in [-0.2, -0.15) is 0 Å². The smallest absolute Gasteiger partial charge is 0.333 e. The van der Waals surface area contributed by atoms with E-state index in [-0.39, 0.29) is 11.9 Å². The number of methoxy groups -OCH3 is 1. The third-order valence-electron chi connectivity index (χ3n) is 4.93. The van der Waals surface area contributed by atoms with E-state index in [9.17, 15) is 9.59 Å². The summed E-state index contributed by atoms with van der Waals surface area (Å²) in [5.74, 6) is 0.689.